The van der Waals surface area contributed by atoms with Crippen LogP contribution in [-0.2, 0) is 4.43 Å². The fourth-order valence-electron chi connectivity index (χ4n) is 1.02. The lowest BCUT2D eigenvalue weighted by atomic mass is 10.3. The molecule has 0 saturated heterocycles. The van der Waals surface area contributed by atoms with E-state index in [-0.39, 0.29) is 0 Å². The van der Waals surface area contributed by atoms with Crippen LogP contribution in [0.15, 0.2) is 12.7 Å². The van der Waals surface area contributed by atoms with Crippen molar-refractivity contribution in [2.45, 2.75) is 45.5 Å². The Labute approximate surface area is 71.6 Å². The Bertz CT molecular complexity index is 121. The van der Waals surface area contributed by atoms with Gasteiger partial charge in [0.15, 0.2) is 8.32 Å². The Hall–Kier alpha value is -0.0831. The summed E-state index contributed by atoms with van der Waals surface area (Å²) < 4.78 is 5.90. The number of rotatable bonds is 5. The van der Waals surface area contributed by atoms with Gasteiger partial charge in [0.2, 0.25) is 0 Å². The van der Waals surface area contributed by atoms with Gasteiger partial charge in [0, 0.05) is 6.10 Å². The van der Waals surface area contributed by atoms with Crippen LogP contribution in [0.2, 0.25) is 19.1 Å². The third-order valence-corrected chi connectivity index (χ3v) is 4.04. The molecule has 0 aromatic rings. The topological polar surface area (TPSA) is 9.23 Å². The molecule has 0 saturated carbocycles. The summed E-state index contributed by atoms with van der Waals surface area (Å²) in [7, 11) is -1.41. The van der Waals surface area contributed by atoms with Crippen molar-refractivity contribution in [3.05, 3.63) is 12.7 Å². The second-order valence-electron chi connectivity index (χ2n) is 3.59. The first-order valence-electron chi connectivity index (χ1n) is 4.30. The summed E-state index contributed by atoms with van der Waals surface area (Å²) in [5.41, 5.74) is 0. The largest absolute Gasteiger partial charge is 0.414 e. The van der Waals surface area contributed by atoms with Gasteiger partial charge in [-0.05, 0) is 32.5 Å². The highest BCUT2D eigenvalue weighted by atomic mass is 28.4. The Balaban J connectivity index is 3.79. The quantitative estimate of drug-likeness (QED) is 0.457. The third kappa shape index (κ3) is 5.22. The molecule has 0 N–H and O–H groups in total. The van der Waals surface area contributed by atoms with Gasteiger partial charge in [0.25, 0.3) is 0 Å². The summed E-state index contributed by atoms with van der Waals surface area (Å²) >= 11 is 0. The van der Waals surface area contributed by atoms with E-state index in [1.165, 1.54) is 0 Å². The van der Waals surface area contributed by atoms with Crippen molar-refractivity contribution in [2.24, 2.45) is 0 Å². The van der Waals surface area contributed by atoms with E-state index in [2.05, 4.69) is 33.5 Å². The average Bonchev–Trinajstić information content (AvgIpc) is 1.86. The van der Waals surface area contributed by atoms with Crippen molar-refractivity contribution < 1.29 is 4.43 Å². The van der Waals surface area contributed by atoms with Crippen LogP contribution in [-0.4, -0.2) is 14.4 Å². The normalized spacial score (nSPS) is 14.5. The third-order valence-electron chi connectivity index (χ3n) is 1.73. The second-order valence-corrected chi connectivity index (χ2v) is 7.75. The maximum absolute atomic E-state index is 5.90. The van der Waals surface area contributed by atoms with Crippen LogP contribution in [0, 0.1) is 0 Å². The Kier molecular flexibility index (Phi) is 4.69. The molecule has 1 unspecified atom stereocenters. The zero-order chi connectivity index (χ0) is 8.91. The van der Waals surface area contributed by atoms with Crippen LogP contribution in [0.1, 0.15) is 20.3 Å². The molecule has 66 valence electrons. The Morgan fingerprint density at radius 3 is 2.45 bits per heavy atom. The molecule has 11 heavy (non-hydrogen) atoms. The lowest BCUT2D eigenvalue weighted by Gasteiger charge is -2.25. The van der Waals surface area contributed by atoms with E-state index in [0.717, 1.165) is 12.5 Å². The van der Waals surface area contributed by atoms with Crippen LogP contribution in [0.4, 0.5) is 0 Å². The molecule has 0 spiro atoms. The standard InChI is InChI=1S/C9H20OSi/c1-6-8-11(4,5)10-9(3)7-2/h6,9H,1,7-8H2,2-5H3. The molecular formula is C9H20OSi. The van der Waals surface area contributed by atoms with Crippen molar-refractivity contribution in [3.8, 4) is 0 Å². The lowest BCUT2D eigenvalue weighted by Crippen LogP contribution is -2.33. The van der Waals surface area contributed by atoms with E-state index in [9.17, 15) is 0 Å². The highest BCUT2D eigenvalue weighted by Crippen LogP contribution is 2.14. The number of hydrogen-bond acceptors (Lipinski definition) is 1. The molecule has 2 heteroatoms. The van der Waals surface area contributed by atoms with Gasteiger partial charge in [-0.2, -0.15) is 0 Å². The molecule has 1 nitrogen and oxygen atoms in total. The van der Waals surface area contributed by atoms with Gasteiger partial charge in [-0.1, -0.05) is 13.0 Å². The SMILES string of the molecule is C=CC[Si](C)(C)OC(C)CC. The summed E-state index contributed by atoms with van der Waals surface area (Å²) in [5, 5.41) is 0. The molecule has 0 amide bonds. The summed E-state index contributed by atoms with van der Waals surface area (Å²) in [6.07, 6.45) is 3.49. The molecular weight excluding hydrogens is 152 g/mol. The minimum Gasteiger partial charge on any atom is -0.414 e. The number of allylic oxidation sites excluding steroid dienone is 1. The maximum Gasteiger partial charge on any atom is 0.190 e. The average molecular weight is 172 g/mol. The second kappa shape index (κ2) is 4.73. The first kappa shape index (κ1) is 10.9. The van der Waals surface area contributed by atoms with Gasteiger partial charge >= 0.3 is 0 Å². The summed E-state index contributed by atoms with van der Waals surface area (Å²) in [6, 6.07) is 1.05. The van der Waals surface area contributed by atoms with Gasteiger partial charge in [0.1, 0.15) is 0 Å². The van der Waals surface area contributed by atoms with E-state index in [4.69, 9.17) is 4.43 Å². The minimum atomic E-state index is -1.41. The van der Waals surface area contributed by atoms with E-state index < -0.39 is 8.32 Å². The smallest absolute Gasteiger partial charge is 0.190 e. The van der Waals surface area contributed by atoms with Crippen LogP contribution in [0.5, 0.6) is 0 Å². The van der Waals surface area contributed by atoms with Crippen molar-refractivity contribution in [3.63, 3.8) is 0 Å². The molecule has 0 aliphatic rings. The molecule has 0 aliphatic carbocycles. The molecule has 0 radical (unpaired) electrons. The molecule has 0 rings (SSSR count). The van der Waals surface area contributed by atoms with Gasteiger partial charge in [-0.3, -0.25) is 0 Å². The molecule has 0 fully saturated rings. The van der Waals surface area contributed by atoms with Crippen LogP contribution >= 0.6 is 0 Å². The first-order chi connectivity index (χ1) is 5.02. The van der Waals surface area contributed by atoms with E-state index in [1.807, 2.05) is 6.08 Å². The predicted molar refractivity (Wildman–Crippen MR) is 53.3 cm³/mol. The van der Waals surface area contributed by atoms with Crippen LogP contribution in [0.3, 0.4) is 0 Å². The van der Waals surface area contributed by atoms with Crippen molar-refractivity contribution in [1.29, 1.82) is 0 Å². The maximum atomic E-state index is 5.90. The fraction of sp³-hybridized carbons (Fsp3) is 0.778. The molecule has 0 aliphatic heterocycles. The van der Waals surface area contributed by atoms with E-state index >= 15 is 0 Å². The van der Waals surface area contributed by atoms with Crippen molar-refractivity contribution >= 4 is 8.32 Å². The van der Waals surface area contributed by atoms with Gasteiger partial charge in [-0.15, -0.1) is 6.58 Å². The molecule has 0 aromatic heterocycles. The van der Waals surface area contributed by atoms with Gasteiger partial charge in [-0.25, -0.2) is 0 Å². The summed E-state index contributed by atoms with van der Waals surface area (Å²) in [6.45, 7) is 12.5. The molecule has 0 aromatic carbocycles. The molecule has 0 heterocycles. The Morgan fingerprint density at radius 2 is 2.09 bits per heavy atom. The van der Waals surface area contributed by atoms with Crippen LogP contribution in [0.25, 0.3) is 0 Å². The Morgan fingerprint density at radius 1 is 1.55 bits per heavy atom. The number of hydrogen-bond donors (Lipinski definition) is 0. The summed E-state index contributed by atoms with van der Waals surface area (Å²) in [4.78, 5) is 0. The molecule has 1 atom stereocenters. The van der Waals surface area contributed by atoms with E-state index in [0.29, 0.717) is 6.10 Å². The first-order valence-corrected chi connectivity index (χ1v) is 7.42. The lowest BCUT2D eigenvalue weighted by molar-refractivity contribution is 0.208. The monoisotopic (exact) mass is 172 g/mol. The zero-order valence-corrected chi connectivity index (χ0v) is 9.18. The zero-order valence-electron chi connectivity index (χ0n) is 8.18. The highest BCUT2D eigenvalue weighted by molar-refractivity contribution is 6.71. The van der Waals surface area contributed by atoms with Gasteiger partial charge < -0.3 is 4.43 Å². The van der Waals surface area contributed by atoms with Crippen LogP contribution < -0.4 is 0 Å². The van der Waals surface area contributed by atoms with E-state index in [1.54, 1.807) is 0 Å². The minimum absolute atomic E-state index is 0.414. The van der Waals surface area contributed by atoms with Crippen molar-refractivity contribution in [2.75, 3.05) is 0 Å². The van der Waals surface area contributed by atoms with Crippen molar-refractivity contribution in [1.82, 2.24) is 0 Å². The van der Waals surface area contributed by atoms with Gasteiger partial charge in [0.05, 0.1) is 0 Å². The predicted octanol–water partition coefficient (Wildman–Crippen LogP) is 3.19. The molecule has 0 bridgehead atoms. The summed E-state index contributed by atoms with van der Waals surface area (Å²) in [5.74, 6) is 0. The highest BCUT2D eigenvalue weighted by Gasteiger charge is 2.22. The fourth-order valence-corrected chi connectivity index (χ4v) is 3.07.